The average molecular weight is 478 g/mol. The van der Waals surface area contributed by atoms with E-state index in [1.165, 1.54) is 32.1 Å². The lowest BCUT2D eigenvalue weighted by Gasteiger charge is -2.21. The summed E-state index contributed by atoms with van der Waals surface area (Å²) in [5.41, 5.74) is 3.48. The first-order valence-corrected chi connectivity index (χ1v) is 13.1. The highest BCUT2D eigenvalue weighted by Gasteiger charge is 2.11. The van der Waals surface area contributed by atoms with Crippen LogP contribution in [0, 0.1) is 0 Å². The van der Waals surface area contributed by atoms with E-state index in [4.69, 9.17) is 9.15 Å². The molecule has 3 rings (SSSR count). The van der Waals surface area contributed by atoms with Gasteiger partial charge in [-0.25, -0.2) is 4.79 Å². The molecule has 2 aromatic carbocycles. The molecule has 0 saturated heterocycles. The number of fused-ring (bicyclic) bond motifs is 1. The molecule has 35 heavy (non-hydrogen) atoms. The minimum absolute atomic E-state index is 0.151. The lowest BCUT2D eigenvalue weighted by molar-refractivity contribution is -0.145. The molecule has 3 aromatic rings. The Balaban J connectivity index is 1.55. The fourth-order valence-corrected chi connectivity index (χ4v) is 4.33. The highest BCUT2D eigenvalue weighted by Crippen LogP contribution is 2.25. The predicted molar refractivity (Wildman–Crippen MR) is 144 cm³/mol. The molecule has 0 aliphatic rings. The van der Waals surface area contributed by atoms with E-state index in [1.807, 2.05) is 42.5 Å². The zero-order valence-electron chi connectivity index (χ0n) is 21.5. The third kappa shape index (κ3) is 7.71. The number of carbonyl (C=O) groups is 1. The summed E-state index contributed by atoms with van der Waals surface area (Å²) in [4.78, 5) is 27.0. The summed E-state index contributed by atoms with van der Waals surface area (Å²) < 4.78 is 11.1. The van der Waals surface area contributed by atoms with Crippen molar-refractivity contribution < 1.29 is 13.9 Å². The molecular formula is C30H39NO4. The van der Waals surface area contributed by atoms with E-state index in [2.05, 4.69) is 31.7 Å². The molecule has 1 heterocycles. The second-order valence-electron chi connectivity index (χ2n) is 9.07. The predicted octanol–water partition coefficient (Wildman–Crippen LogP) is 7.49. The van der Waals surface area contributed by atoms with Crippen molar-refractivity contribution in [2.45, 2.75) is 78.7 Å². The number of hydrogen-bond donors (Lipinski definition) is 0. The maximum absolute atomic E-state index is 12.7. The van der Waals surface area contributed by atoms with Gasteiger partial charge in [0.2, 0.25) is 0 Å². The van der Waals surface area contributed by atoms with Crippen molar-refractivity contribution in [2.75, 3.05) is 18.0 Å². The summed E-state index contributed by atoms with van der Waals surface area (Å²) >= 11 is 0. The van der Waals surface area contributed by atoms with E-state index >= 15 is 0 Å². The molecule has 0 atom stereocenters. The van der Waals surface area contributed by atoms with Gasteiger partial charge in [0.1, 0.15) is 12.2 Å². The smallest absolute Gasteiger partial charge is 0.344 e. The molecular weight excluding hydrogens is 438 g/mol. The van der Waals surface area contributed by atoms with Gasteiger partial charge in [0.25, 0.3) is 0 Å². The molecule has 0 N–H and O–H groups in total. The summed E-state index contributed by atoms with van der Waals surface area (Å²) in [6.45, 7) is 8.46. The summed E-state index contributed by atoms with van der Waals surface area (Å²) in [5, 5.41) is 0.888. The maximum atomic E-state index is 12.7. The van der Waals surface area contributed by atoms with Gasteiger partial charge in [-0.05, 0) is 49.6 Å². The fourth-order valence-electron chi connectivity index (χ4n) is 4.33. The molecule has 0 aliphatic heterocycles. The van der Waals surface area contributed by atoms with Gasteiger partial charge in [-0.15, -0.1) is 0 Å². The summed E-state index contributed by atoms with van der Waals surface area (Å²) in [6.07, 6.45) is 8.72. The van der Waals surface area contributed by atoms with Gasteiger partial charge in [0.15, 0.2) is 0 Å². The van der Waals surface area contributed by atoms with Crippen LogP contribution in [0.15, 0.2) is 57.7 Å². The van der Waals surface area contributed by atoms with Gasteiger partial charge in [-0.1, -0.05) is 69.7 Å². The molecule has 0 bridgehead atoms. The van der Waals surface area contributed by atoms with Crippen molar-refractivity contribution in [1.29, 1.82) is 0 Å². The zero-order valence-corrected chi connectivity index (χ0v) is 21.5. The number of rotatable bonds is 14. The molecule has 5 nitrogen and oxygen atoms in total. The fraction of sp³-hybridized carbons (Fsp3) is 0.467. The Bertz CT molecular complexity index is 1130. The van der Waals surface area contributed by atoms with Gasteiger partial charge < -0.3 is 14.1 Å². The van der Waals surface area contributed by atoms with Crippen LogP contribution in [0.5, 0.6) is 0 Å². The molecule has 0 fully saturated rings. The molecule has 0 unspecified atom stereocenters. The SMILES string of the molecule is CCCCCCCCCC(=O)OCc1ccc(-c2cc3ccc(N(CC)CC)cc3oc2=O)cc1. The molecule has 5 heteroatoms. The van der Waals surface area contributed by atoms with Crippen molar-refractivity contribution >= 4 is 22.6 Å². The number of ether oxygens (including phenoxy) is 1. The monoisotopic (exact) mass is 477 g/mol. The highest BCUT2D eigenvalue weighted by molar-refractivity contribution is 5.84. The third-order valence-electron chi connectivity index (χ3n) is 6.50. The molecule has 0 amide bonds. The second-order valence-corrected chi connectivity index (χ2v) is 9.07. The zero-order chi connectivity index (χ0) is 25.0. The first-order chi connectivity index (χ1) is 17.0. The molecule has 0 radical (unpaired) electrons. The number of hydrogen-bond acceptors (Lipinski definition) is 5. The number of nitrogens with zero attached hydrogens (tertiary/aromatic N) is 1. The number of benzene rings is 2. The van der Waals surface area contributed by atoms with E-state index in [-0.39, 0.29) is 18.2 Å². The van der Waals surface area contributed by atoms with Gasteiger partial charge in [0.05, 0.1) is 5.56 Å². The van der Waals surface area contributed by atoms with Crippen molar-refractivity contribution in [1.82, 2.24) is 0 Å². The molecule has 1 aromatic heterocycles. The first-order valence-electron chi connectivity index (χ1n) is 13.1. The third-order valence-corrected chi connectivity index (χ3v) is 6.50. The lowest BCUT2D eigenvalue weighted by Crippen LogP contribution is -2.21. The van der Waals surface area contributed by atoms with Gasteiger partial charge in [-0.2, -0.15) is 0 Å². The Kier molecular flexibility index (Phi) is 10.4. The van der Waals surface area contributed by atoms with Crippen molar-refractivity contribution in [2.24, 2.45) is 0 Å². The van der Waals surface area contributed by atoms with Gasteiger partial charge in [-0.3, -0.25) is 4.79 Å². The molecule has 0 saturated carbocycles. The normalized spacial score (nSPS) is 11.1. The molecule has 0 aliphatic carbocycles. The maximum Gasteiger partial charge on any atom is 0.344 e. The van der Waals surface area contributed by atoms with Crippen LogP contribution in [0.4, 0.5) is 5.69 Å². The number of carbonyl (C=O) groups excluding carboxylic acids is 1. The van der Waals surface area contributed by atoms with Crippen molar-refractivity contribution in [3.05, 3.63) is 64.5 Å². The summed E-state index contributed by atoms with van der Waals surface area (Å²) in [6, 6.07) is 15.4. The Labute approximate surface area is 209 Å². The molecule has 0 spiro atoms. The Morgan fingerprint density at radius 2 is 1.54 bits per heavy atom. The molecule has 188 valence electrons. The quantitative estimate of drug-likeness (QED) is 0.137. The largest absolute Gasteiger partial charge is 0.461 e. The van der Waals surface area contributed by atoms with E-state index in [0.29, 0.717) is 17.6 Å². The van der Waals surface area contributed by atoms with Crippen LogP contribution < -0.4 is 10.5 Å². The Morgan fingerprint density at radius 3 is 2.23 bits per heavy atom. The minimum atomic E-state index is -0.358. The van der Waals surface area contributed by atoms with Crippen LogP contribution in [0.3, 0.4) is 0 Å². The standard InChI is InChI=1S/C30H39NO4/c1-4-7-8-9-10-11-12-13-29(32)34-22-23-14-16-24(17-15-23)27-20-25-18-19-26(31(5-2)6-3)21-28(25)35-30(27)33/h14-21H,4-13,22H2,1-3H3. The highest BCUT2D eigenvalue weighted by atomic mass is 16.5. The number of unbranched alkanes of at least 4 members (excludes halogenated alkanes) is 6. The van der Waals surface area contributed by atoms with Crippen molar-refractivity contribution in [3.8, 4) is 11.1 Å². The average Bonchev–Trinajstić information content (AvgIpc) is 2.87. The summed E-state index contributed by atoms with van der Waals surface area (Å²) in [5.74, 6) is -0.151. The van der Waals surface area contributed by atoms with Crippen molar-refractivity contribution in [3.63, 3.8) is 0 Å². The van der Waals surface area contributed by atoms with E-state index < -0.39 is 0 Å². The van der Waals surface area contributed by atoms with Crippen LogP contribution in [-0.4, -0.2) is 19.1 Å². The van der Waals surface area contributed by atoms with Crippen LogP contribution in [0.25, 0.3) is 22.1 Å². The van der Waals surface area contributed by atoms with Crippen LogP contribution in [0.1, 0.15) is 77.7 Å². The number of anilines is 1. The van der Waals surface area contributed by atoms with Crippen LogP contribution in [0.2, 0.25) is 0 Å². The van der Waals surface area contributed by atoms with E-state index in [0.717, 1.165) is 48.1 Å². The van der Waals surface area contributed by atoms with Crippen LogP contribution in [-0.2, 0) is 16.1 Å². The second kappa shape index (κ2) is 13.7. The Hall–Kier alpha value is -3.08. The Morgan fingerprint density at radius 1 is 0.857 bits per heavy atom. The first kappa shape index (κ1) is 26.5. The van der Waals surface area contributed by atoms with Gasteiger partial charge in [0, 0.05) is 36.7 Å². The minimum Gasteiger partial charge on any atom is -0.461 e. The van der Waals surface area contributed by atoms with Gasteiger partial charge >= 0.3 is 11.6 Å². The van der Waals surface area contributed by atoms with E-state index in [9.17, 15) is 9.59 Å². The lowest BCUT2D eigenvalue weighted by atomic mass is 10.0. The van der Waals surface area contributed by atoms with E-state index in [1.54, 1.807) is 0 Å². The number of esters is 1. The summed E-state index contributed by atoms with van der Waals surface area (Å²) in [7, 11) is 0. The topological polar surface area (TPSA) is 59.8 Å². The van der Waals surface area contributed by atoms with Crippen LogP contribution >= 0.6 is 0 Å².